The fourth-order valence-electron chi connectivity index (χ4n) is 13.1. The minimum absolute atomic E-state index is 0. The molecule has 0 N–H and O–H groups in total. The molecule has 6 aliphatic rings. The minimum atomic E-state index is -0.200. The molecule has 0 bridgehead atoms. The van der Waals surface area contributed by atoms with Crippen LogP contribution < -0.4 is 56.8 Å². The summed E-state index contributed by atoms with van der Waals surface area (Å²) in [5, 5.41) is 14.3. The molecule has 0 fully saturated rings. The van der Waals surface area contributed by atoms with Gasteiger partial charge in [-0.3, -0.25) is 0 Å². The van der Waals surface area contributed by atoms with E-state index in [9.17, 15) is 0 Å². The summed E-state index contributed by atoms with van der Waals surface area (Å²) in [6, 6.07) is 74.4. The van der Waals surface area contributed by atoms with E-state index >= 15 is 0 Å². The van der Waals surface area contributed by atoms with Gasteiger partial charge in [0.05, 0.1) is 26.4 Å². The van der Waals surface area contributed by atoms with Gasteiger partial charge in [-0.2, -0.15) is 0 Å². The van der Waals surface area contributed by atoms with Gasteiger partial charge in [-0.1, -0.05) is 474 Å². The van der Waals surface area contributed by atoms with Crippen LogP contribution in [0.2, 0.25) is 0 Å². The van der Waals surface area contributed by atoms with Crippen molar-refractivity contribution in [3.05, 3.63) is 218 Å². The molecule has 18 rings (SSSR count). The summed E-state index contributed by atoms with van der Waals surface area (Å²) < 4.78 is 71.2. The second-order valence-corrected chi connectivity index (χ2v) is 35.7. The van der Waals surface area contributed by atoms with Gasteiger partial charge in [0, 0.05) is 33.5 Å². The Hall–Kier alpha value is -10.2. The van der Waals surface area contributed by atoms with Gasteiger partial charge < -0.3 is 56.8 Å². The van der Waals surface area contributed by atoms with Crippen molar-refractivity contribution in [1.82, 2.24) is 0 Å². The molecule has 0 saturated heterocycles. The Morgan fingerprint density at radius 1 is 0.161 bits per heavy atom. The summed E-state index contributed by atoms with van der Waals surface area (Å²) >= 11 is 0. The molecular weight excluding hydrogens is 1690 g/mol. The van der Waals surface area contributed by atoms with Gasteiger partial charge in [0.1, 0.15) is 25.4 Å². The first-order valence-corrected chi connectivity index (χ1v) is 50.2. The lowest BCUT2D eigenvalue weighted by Crippen LogP contribution is -2.39. The van der Waals surface area contributed by atoms with Gasteiger partial charge in [0.15, 0.2) is 69.0 Å². The molecule has 2 atom stereocenters. The van der Waals surface area contributed by atoms with Crippen molar-refractivity contribution in [2.75, 3.05) is 39.6 Å². The smallest absolute Gasteiger partial charge is 0.246 e. The minimum Gasteiger partial charge on any atom is -0.489 e. The van der Waals surface area contributed by atoms with Crippen LogP contribution >= 0.6 is 0 Å². The van der Waals surface area contributed by atoms with E-state index in [1.807, 2.05) is 239 Å². The molecule has 6 aliphatic heterocycles. The highest BCUT2D eigenvalue weighted by molar-refractivity contribution is 5.90. The standard InChI is InChI=1S/2C17H20O2.2C16H18O2.2C15H16O2.12C2H6.5CH4/c2*1-17(2,3)14-10-18-15-8-12-6-4-5-7-13(12)9-16(15)19-11-14;2*1-16(2,3)15-10-17-13-8-11-6-4-5-7-12(11)9-14(13)18-15;2*1-15(2,3)14-16-12-8-10-6-4-5-7-11(10)9-13(12)17-14;12*1-2;;;;;/h2*4-9,14H,10-11H2,1-3H3;2*4-9,15H,10H2,1-3H3;2*4-9,14H,1-3H3;12*1-2H3;5*1H4. The molecule has 0 aromatic heterocycles. The van der Waals surface area contributed by atoms with E-state index in [-0.39, 0.29) is 94.4 Å². The zero-order valence-electron chi connectivity index (χ0n) is 90.4. The van der Waals surface area contributed by atoms with Crippen LogP contribution in [0.1, 0.15) is 328 Å². The summed E-state index contributed by atoms with van der Waals surface area (Å²) in [6.07, 6.45) is -0.194. The Morgan fingerprint density at radius 2 is 0.285 bits per heavy atom. The number of ether oxygens (including phenoxy) is 12. The number of fused-ring (bicyclic) bond motifs is 12. The molecule has 0 saturated carbocycles. The van der Waals surface area contributed by atoms with E-state index in [0.717, 1.165) is 95.4 Å². The molecule has 6 heterocycles. The number of benzene rings is 12. The molecular formula is C125H200O12. The monoisotopic (exact) mass is 1890 g/mol. The van der Waals surface area contributed by atoms with Crippen molar-refractivity contribution in [1.29, 1.82) is 0 Å². The molecule has 12 nitrogen and oxygen atoms in total. The van der Waals surface area contributed by atoms with E-state index in [1.165, 1.54) is 64.6 Å². The third-order valence-corrected chi connectivity index (χ3v) is 20.7. The number of hydrogen-bond donors (Lipinski definition) is 0. The van der Waals surface area contributed by atoms with Gasteiger partial charge in [-0.05, 0) is 148 Å². The first kappa shape index (κ1) is 135. The Kier molecular flexibility index (Phi) is 67.1. The topological polar surface area (TPSA) is 111 Å². The third kappa shape index (κ3) is 40.6. The highest BCUT2D eigenvalue weighted by Gasteiger charge is 2.38. The predicted molar refractivity (Wildman–Crippen MR) is 609 cm³/mol. The van der Waals surface area contributed by atoms with Crippen molar-refractivity contribution in [3.8, 4) is 69.0 Å². The number of hydrogen-bond acceptors (Lipinski definition) is 12. The maximum Gasteiger partial charge on any atom is 0.246 e. The van der Waals surface area contributed by atoms with E-state index < -0.39 is 0 Å². The Bertz CT molecular complexity index is 4650. The first-order chi connectivity index (χ1) is 63.2. The second kappa shape index (κ2) is 68.0. The molecule has 2 unspecified atom stereocenters. The van der Waals surface area contributed by atoms with Crippen molar-refractivity contribution in [3.63, 3.8) is 0 Å². The van der Waals surface area contributed by atoms with Gasteiger partial charge in [-0.25, -0.2) is 0 Å². The zero-order valence-corrected chi connectivity index (χ0v) is 90.4. The summed E-state index contributed by atoms with van der Waals surface area (Å²) in [5.74, 6) is 11.1. The molecule has 137 heavy (non-hydrogen) atoms. The molecule has 12 aromatic rings. The van der Waals surface area contributed by atoms with Crippen LogP contribution in [-0.2, 0) is 0 Å². The average molecular weight is 1890 g/mol. The molecule has 12 heteroatoms. The summed E-state index contributed by atoms with van der Waals surface area (Å²) in [7, 11) is 0. The van der Waals surface area contributed by atoms with Crippen LogP contribution in [0.5, 0.6) is 69.0 Å². The van der Waals surface area contributed by atoms with Gasteiger partial charge in [-0.15, -0.1) is 0 Å². The highest BCUT2D eigenvalue weighted by atomic mass is 16.7. The third-order valence-electron chi connectivity index (χ3n) is 20.7. The van der Waals surface area contributed by atoms with E-state index in [4.69, 9.17) is 56.8 Å². The Labute approximate surface area is 840 Å². The second-order valence-electron chi connectivity index (χ2n) is 35.7. The lowest BCUT2D eigenvalue weighted by Gasteiger charge is -2.35. The average Bonchev–Trinajstić information content (AvgIpc) is 1.36. The van der Waals surface area contributed by atoms with Crippen LogP contribution in [0.4, 0.5) is 0 Å². The van der Waals surface area contributed by atoms with Crippen molar-refractivity contribution >= 4 is 64.6 Å². The van der Waals surface area contributed by atoms with Crippen LogP contribution in [0.25, 0.3) is 64.6 Å². The van der Waals surface area contributed by atoms with Crippen molar-refractivity contribution in [2.45, 2.75) is 353 Å². The Morgan fingerprint density at radius 3 is 0.416 bits per heavy atom. The summed E-state index contributed by atoms with van der Waals surface area (Å²) in [4.78, 5) is 0. The van der Waals surface area contributed by atoms with Gasteiger partial charge >= 0.3 is 0 Å². The van der Waals surface area contributed by atoms with Crippen molar-refractivity contribution < 1.29 is 56.8 Å². The first-order valence-electron chi connectivity index (χ1n) is 50.2. The van der Waals surface area contributed by atoms with E-state index in [0.29, 0.717) is 25.0 Å². The quantitative estimate of drug-likeness (QED) is 0.144. The molecule has 12 aromatic carbocycles. The van der Waals surface area contributed by atoms with Crippen LogP contribution in [0, 0.1) is 44.3 Å². The summed E-state index contributed by atoms with van der Waals surface area (Å²) in [5.41, 5.74) is 0.520. The largest absolute Gasteiger partial charge is 0.489 e. The van der Waals surface area contributed by atoms with Crippen LogP contribution in [0.3, 0.4) is 0 Å². The highest BCUT2D eigenvalue weighted by Crippen LogP contribution is 2.47. The predicted octanol–water partition coefficient (Wildman–Crippen LogP) is 40.1. The molecule has 772 valence electrons. The van der Waals surface area contributed by atoms with E-state index in [1.54, 1.807) is 0 Å². The maximum atomic E-state index is 6.08. The van der Waals surface area contributed by atoms with Gasteiger partial charge in [0.25, 0.3) is 0 Å². The summed E-state index contributed by atoms with van der Waals surface area (Å²) in [6.45, 7) is 91.2. The lowest BCUT2D eigenvalue weighted by atomic mass is 9.82. The Balaban J connectivity index is -0.000000483. The fraction of sp³-hybridized carbons (Fsp3) is 0.520. The van der Waals surface area contributed by atoms with Crippen molar-refractivity contribution in [2.24, 2.45) is 44.3 Å². The lowest BCUT2D eigenvalue weighted by molar-refractivity contribution is -0.0396. The van der Waals surface area contributed by atoms with Gasteiger partial charge in [0.2, 0.25) is 12.6 Å². The molecule has 0 amide bonds. The van der Waals surface area contributed by atoms with Crippen LogP contribution in [-0.4, -0.2) is 64.4 Å². The zero-order chi connectivity index (χ0) is 101. The molecule has 0 radical (unpaired) electrons. The van der Waals surface area contributed by atoms with E-state index in [2.05, 4.69) is 270 Å². The maximum absolute atomic E-state index is 6.08. The fourth-order valence-corrected chi connectivity index (χ4v) is 13.1. The van der Waals surface area contributed by atoms with Crippen LogP contribution in [0.15, 0.2) is 218 Å². The number of rotatable bonds is 0. The normalized spacial score (nSPS) is 13.9. The molecule has 0 spiro atoms. The molecule has 0 aliphatic carbocycles. The SMILES string of the molecule is C.C.C.C.C.CC.CC.CC.CC.CC.CC.CC.CC.CC.CC.CC.CC.CC(C)(C)C1COc2cc3ccccc3cc2O1.CC(C)(C)C1COc2cc3ccccc3cc2O1.CC(C)(C)C1COc2cc3ccccc3cc2OC1.CC(C)(C)C1COc2cc3ccccc3cc2OC1.CC(C)(C)C1Oc2cc3ccccc3cc2O1.CC(C)(C)C1Oc2cc3ccccc3cc2O1.